The van der Waals surface area contributed by atoms with Gasteiger partial charge in [0.1, 0.15) is 11.4 Å². The van der Waals surface area contributed by atoms with Crippen molar-refractivity contribution in [2.24, 2.45) is 0 Å². The van der Waals surface area contributed by atoms with Crippen LogP contribution in [-0.4, -0.2) is 24.6 Å². The molecular weight excluding hydrogens is 360 g/mol. The molecule has 1 N–H and O–H groups in total. The number of aryl methyl sites for hydroxylation is 1. The summed E-state index contributed by atoms with van der Waals surface area (Å²) in [6.07, 6.45) is 8.28. The zero-order valence-electron chi connectivity index (χ0n) is 16.1. The van der Waals surface area contributed by atoms with Crippen LogP contribution in [0.25, 0.3) is 22.2 Å². The molecule has 1 aliphatic heterocycles. The summed E-state index contributed by atoms with van der Waals surface area (Å²) in [5.74, 6) is 1.70. The number of aliphatic hydroxyl groups is 1. The van der Waals surface area contributed by atoms with Crippen LogP contribution in [0.2, 0.25) is 0 Å². The molecule has 1 fully saturated rings. The van der Waals surface area contributed by atoms with E-state index < -0.39 is 5.60 Å². The lowest BCUT2D eigenvalue weighted by Gasteiger charge is -2.34. The molecule has 0 unspecified atom stereocenters. The van der Waals surface area contributed by atoms with E-state index in [2.05, 4.69) is 63.1 Å². The van der Waals surface area contributed by atoms with E-state index in [-0.39, 0.29) is 0 Å². The van der Waals surface area contributed by atoms with Crippen LogP contribution >= 0.6 is 0 Å². The molecule has 5 heteroatoms. The van der Waals surface area contributed by atoms with Crippen molar-refractivity contribution >= 4 is 11.0 Å². The van der Waals surface area contributed by atoms with Crippen LogP contribution in [-0.2, 0) is 12.0 Å². The van der Waals surface area contributed by atoms with E-state index in [1.165, 1.54) is 5.56 Å². The van der Waals surface area contributed by atoms with Gasteiger partial charge in [-0.15, -0.1) is 0 Å². The van der Waals surface area contributed by atoms with Crippen molar-refractivity contribution in [3.8, 4) is 11.1 Å². The van der Waals surface area contributed by atoms with Gasteiger partial charge in [-0.05, 0) is 48.9 Å². The van der Waals surface area contributed by atoms with Crippen LogP contribution in [0.1, 0.15) is 48.9 Å². The summed E-state index contributed by atoms with van der Waals surface area (Å²) in [7, 11) is 0. The summed E-state index contributed by atoms with van der Waals surface area (Å²) in [5.41, 5.74) is 4.74. The summed E-state index contributed by atoms with van der Waals surface area (Å²) in [6.45, 7) is 0. The summed E-state index contributed by atoms with van der Waals surface area (Å²) in [4.78, 5) is 13.8. The van der Waals surface area contributed by atoms with Gasteiger partial charge in [0.05, 0.1) is 17.1 Å². The standard InChI is InChI=1S/C24H22N4O/c29-24(11-4-12-24)23-25-14-18(15-26-23)17-7-8-19-21(13-17)28-20(9-10-22(28)27-19)16-5-2-1-3-6-16/h1-3,5-8,13-15,20,29H,4,9-12H2/t20-/m1/s1. The van der Waals surface area contributed by atoms with Crippen LogP contribution in [0.4, 0.5) is 0 Å². The molecule has 5 nitrogen and oxygen atoms in total. The van der Waals surface area contributed by atoms with Crippen molar-refractivity contribution < 1.29 is 5.11 Å². The molecule has 0 spiro atoms. The second-order valence-electron chi connectivity index (χ2n) is 8.25. The van der Waals surface area contributed by atoms with Crippen LogP contribution in [0, 0.1) is 0 Å². The van der Waals surface area contributed by atoms with E-state index >= 15 is 0 Å². The Bertz CT molecular complexity index is 1190. The summed E-state index contributed by atoms with van der Waals surface area (Å²) >= 11 is 0. The molecule has 3 heterocycles. The smallest absolute Gasteiger partial charge is 0.159 e. The van der Waals surface area contributed by atoms with E-state index in [1.807, 2.05) is 12.4 Å². The molecule has 144 valence electrons. The number of nitrogens with zero attached hydrogens (tertiary/aromatic N) is 4. The molecule has 0 saturated heterocycles. The third-order valence-corrected chi connectivity index (χ3v) is 6.48. The quantitative estimate of drug-likeness (QED) is 0.570. The Labute approximate surface area is 169 Å². The fraction of sp³-hybridized carbons (Fsp3) is 0.292. The lowest BCUT2D eigenvalue weighted by atomic mass is 9.79. The molecular formula is C24H22N4O. The monoisotopic (exact) mass is 382 g/mol. The van der Waals surface area contributed by atoms with Gasteiger partial charge in [0.25, 0.3) is 0 Å². The van der Waals surface area contributed by atoms with Crippen LogP contribution in [0.15, 0.2) is 60.9 Å². The first-order valence-corrected chi connectivity index (χ1v) is 10.3. The molecule has 1 aliphatic carbocycles. The molecule has 2 aliphatic rings. The SMILES string of the molecule is OC1(c2ncc(-c3ccc4nc5n(c4c3)[C@@H](c3ccccc3)CC5)cn2)CCC1. The van der Waals surface area contributed by atoms with Crippen molar-refractivity contribution in [3.63, 3.8) is 0 Å². The lowest BCUT2D eigenvalue weighted by molar-refractivity contribution is -0.0467. The minimum Gasteiger partial charge on any atom is -0.382 e. The predicted octanol–water partition coefficient (Wildman–Crippen LogP) is 4.40. The average Bonchev–Trinajstić information content (AvgIpc) is 3.32. The Morgan fingerprint density at radius 3 is 2.48 bits per heavy atom. The Morgan fingerprint density at radius 1 is 0.966 bits per heavy atom. The summed E-state index contributed by atoms with van der Waals surface area (Å²) in [6, 6.07) is 17.4. The van der Waals surface area contributed by atoms with Gasteiger partial charge in [-0.3, -0.25) is 0 Å². The van der Waals surface area contributed by atoms with E-state index in [9.17, 15) is 5.11 Å². The minimum absolute atomic E-state index is 0.331. The Kier molecular flexibility index (Phi) is 3.62. The highest BCUT2D eigenvalue weighted by Crippen LogP contribution is 2.40. The third-order valence-electron chi connectivity index (χ3n) is 6.48. The van der Waals surface area contributed by atoms with E-state index in [1.54, 1.807) is 0 Å². The van der Waals surface area contributed by atoms with Crippen LogP contribution in [0.5, 0.6) is 0 Å². The Hall–Kier alpha value is -3.05. The number of aromatic nitrogens is 4. The van der Waals surface area contributed by atoms with Crippen molar-refractivity contribution in [2.45, 2.75) is 43.7 Å². The van der Waals surface area contributed by atoms with E-state index in [0.717, 1.165) is 60.1 Å². The maximum absolute atomic E-state index is 10.5. The molecule has 2 aromatic carbocycles. The summed E-state index contributed by atoms with van der Waals surface area (Å²) < 4.78 is 2.39. The van der Waals surface area contributed by atoms with E-state index in [0.29, 0.717) is 11.9 Å². The van der Waals surface area contributed by atoms with Gasteiger partial charge >= 0.3 is 0 Å². The van der Waals surface area contributed by atoms with E-state index in [4.69, 9.17) is 4.98 Å². The highest BCUT2D eigenvalue weighted by atomic mass is 16.3. The second-order valence-corrected chi connectivity index (χ2v) is 8.25. The highest BCUT2D eigenvalue weighted by Gasteiger charge is 2.39. The fourth-order valence-electron chi connectivity index (χ4n) is 4.69. The molecule has 0 amide bonds. The fourth-order valence-corrected chi connectivity index (χ4v) is 4.69. The van der Waals surface area contributed by atoms with Gasteiger partial charge in [-0.25, -0.2) is 15.0 Å². The normalized spacial score (nSPS) is 19.8. The largest absolute Gasteiger partial charge is 0.382 e. The topological polar surface area (TPSA) is 63.8 Å². The first kappa shape index (κ1) is 16.9. The maximum atomic E-state index is 10.5. The molecule has 0 radical (unpaired) electrons. The van der Waals surface area contributed by atoms with Gasteiger partial charge in [-0.1, -0.05) is 36.4 Å². The number of hydrogen-bond acceptors (Lipinski definition) is 4. The molecule has 1 atom stereocenters. The van der Waals surface area contributed by atoms with Crippen molar-refractivity contribution in [1.29, 1.82) is 0 Å². The van der Waals surface area contributed by atoms with Crippen molar-refractivity contribution in [2.75, 3.05) is 0 Å². The third kappa shape index (κ3) is 2.61. The predicted molar refractivity (Wildman–Crippen MR) is 111 cm³/mol. The molecule has 6 rings (SSSR count). The number of fused-ring (bicyclic) bond motifs is 3. The summed E-state index contributed by atoms with van der Waals surface area (Å²) in [5, 5.41) is 10.5. The number of hydrogen-bond donors (Lipinski definition) is 1. The molecule has 2 aromatic heterocycles. The maximum Gasteiger partial charge on any atom is 0.159 e. The van der Waals surface area contributed by atoms with Gasteiger partial charge in [0.15, 0.2) is 5.82 Å². The Morgan fingerprint density at radius 2 is 1.76 bits per heavy atom. The molecule has 1 saturated carbocycles. The van der Waals surface area contributed by atoms with Gasteiger partial charge < -0.3 is 9.67 Å². The zero-order valence-corrected chi connectivity index (χ0v) is 16.1. The molecule has 4 aromatic rings. The Balaban J connectivity index is 1.41. The first-order valence-electron chi connectivity index (χ1n) is 10.3. The molecule has 29 heavy (non-hydrogen) atoms. The van der Waals surface area contributed by atoms with Crippen molar-refractivity contribution in [3.05, 3.63) is 78.1 Å². The number of benzene rings is 2. The van der Waals surface area contributed by atoms with Gasteiger partial charge in [0.2, 0.25) is 0 Å². The van der Waals surface area contributed by atoms with Gasteiger partial charge in [-0.2, -0.15) is 0 Å². The number of rotatable bonds is 3. The minimum atomic E-state index is -0.822. The van der Waals surface area contributed by atoms with Crippen LogP contribution < -0.4 is 0 Å². The average molecular weight is 382 g/mol. The lowest BCUT2D eigenvalue weighted by Crippen LogP contribution is -2.35. The molecule has 0 bridgehead atoms. The number of imidazole rings is 1. The van der Waals surface area contributed by atoms with Gasteiger partial charge in [0, 0.05) is 24.4 Å². The zero-order chi connectivity index (χ0) is 19.4. The first-order chi connectivity index (χ1) is 14.2. The second kappa shape index (κ2) is 6.22. The highest BCUT2D eigenvalue weighted by molar-refractivity contribution is 5.83. The van der Waals surface area contributed by atoms with Crippen molar-refractivity contribution in [1.82, 2.24) is 19.5 Å². The van der Waals surface area contributed by atoms with Crippen LogP contribution in [0.3, 0.4) is 0 Å².